The van der Waals surface area contributed by atoms with Crippen LogP contribution in [-0.4, -0.2) is 47.2 Å². The van der Waals surface area contributed by atoms with Crippen molar-refractivity contribution < 1.29 is 14.3 Å². The number of hydrogen-bond donors (Lipinski definition) is 0. The SMILES string of the molecule is O=C(C1CCOC1)N1C2CCC1CC(Oc1ccncc1)C2. The van der Waals surface area contributed by atoms with Crippen LogP contribution in [0.4, 0.5) is 0 Å². The fourth-order valence-corrected chi connectivity index (χ4v) is 4.13. The van der Waals surface area contributed by atoms with Gasteiger partial charge in [-0.25, -0.2) is 0 Å². The zero-order valence-electron chi connectivity index (χ0n) is 12.7. The molecule has 3 atom stereocenters. The first kappa shape index (κ1) is 14.0. The van der Waals surface area contributed by atoms with Gasteiger partial charge in [0.05, 0.1) is 12.5 Å². The van der Waals surface area contributed by atoms with Crippen LogP contribution >= 0.6 is 0 Å². The van der Waals surface area contributed by atoms with Crippen LogP contribution in [0.3, 0.4) is 0 Å². The van der Waals surface area contributed by atoms with Crippen LogP contribution in [0.25, 0.3) is 0 Å². The lowest BCUT2D eigenvalue weighted by Gasteiger charge is -2.40. The Kier molecular flexibility index (Phi) is 3.74. The van der Waals surface area contributed by atoms with Crippen molar-refractivity contribution in [2.75, 3.05) is 13.2 Å². The van der Waals surface area contributed by atoms with Crippen LogP contribution in [0.2, 0.25) is 0 Å². The van der Waals surface area contributed by atoms with Gasteiger partial charge >= 0.3 is 0 Å². The number of carbonyl (C=O) groups is 1. The first-order valence-electron chi connectivity index (χ1n) is 8.28. The van der Waals surface area contributed by atoms with Crippen molar-refractivity contribution in [3.05, 3.63) is 24.5 Å². The second-order valence-electron chi connectivity index (χ2n) is 6.59. The number of hydrogen-bond acceptors (Lipinski definition) is 4. The number of aromatic nitrogens is 1. The second kappa shape index (κ2) is 5.88. The van der Waals surface area contributed by atoms with Crippen LogP contribution in [0.15, 0.2) is 24.5 Å². The van der Waals surface area contributed by atoms with Gasteiger partial charge in [-0.05, 0) is 31.4 Å². The quantitative estimate of drug-likeness (QED) is 0.857. The normalized spacial score (nSPS) is 33.9. The zero-order chi connectivity index (χ0) is 14.9. The molecular weight excluding hydrogens is 280 g/mol. The van der Waals surface area contributed by atoms with Gasteiger partial charge in [0.1, 0.15) is 11.9 Å². The average Bonchev–Trinajstić information content (AvgIpc) is 3.15. The third-order valence-electron chi connectivity index (χ3n) is 5.18. The molecular formula is C17H22N2O3. The smallest absolute Gasteiger partial charge is 0.228 e. The molecule has 1 aromatic rings. The van der Waals surface area contributed by atoms with Crippen molar-refractivity contribution in [1.29, 1.82) is 0 Å². The molecule has 3 aliphatic rings. The zero-order valence-corrected chi connectivity index (χ0v) is 12.7. The van der Waals surface area contributed by atoms with E-state index in [1.54, 1.807) is 12.4 Å². The maximum absolute atomic E-state index is 12.7. The molecule has 0 radical (unpaired) electrons. The van der Waals surface area contributed by atoms with E-state index in [1.165, 1.54) is 0 Å². The molecule has 118 valence electrons. The third kappa shape index (κ3) is 2.58. The summed E-state index contributed by atoms with van der Waals surface area (Å²) in [7, 11) is 0. The fourth-order valence-electron chi connectivity index (χ4n) is 4.13. The number of nitrogens with zero attached hydrogens (tertiary/aromatic N) is 2. The van der Waals surface area contributed by atoms with E-state index in [4.69, 9.17) is 9.47 Å². The summed E-state index contributed by atoms with van der Waals surface area (Å²) in [6, 6.07) is 4.49. The van der Waals surface area contributed by atoms with Crippen LogP contribution < -0.4 is 4.74 Å². The molecule has 0 N–H and O–H groups in total. The summed E-state index contributed by atoms with van der Waals surface area (Å²) < 4.78 is 11.5. The Hall–Kier alpha value is -1.62. The number of ether oxygens (including phenoxy) is 2. The summed E-state index contributed by atoms with van der Waals surface area (Å²) in [4.78, 5) is 18.9. The summed E-state index contributed by atoms with van der Waals surface area (Å²) in [5.41, 5.74) is 0. The molecule has 3 unspecified atom stereocenters. The Balaban J connectivity index is 1.42. The Morgan fingerprint density at radius 2 is 1.91 bits per heavy atom. The highest BCUT2D eigenvalue weighted by molar-refractivity contribution is 5.80. The Labute approximate surface area is 130 Å². The number of piperidine rings is 1. The van der Waals surface area contributed by atoms with E-state index in [1.807, 2.05) is 12.1 Å². The number of fused-ring (bicyclic) bond motifs is 2. The minimum Gasteiger partial charge on any atom is -0.490 e. The standard InChI is InChI=1S/C17H22N2O3/c20-17(12-5-8-21-11-12)19-13-1-2-14(19)10-16(9-13)22-15-3-6-18-7-4-15/h3-4,6-7,12-14,16H,1-2,5,8-11H2. The maximum atomic E-state index is 12.7. The number of amides is 1. The highest BCUT2D eigenvalue weighted by Gasteiger charge is 2.45. The number of rotatable bonds is 3. The summed E-state index contributed by atoms with van der Waals surface area (Å²) in [6.07, 6.45) is 8.71. The lowest BCUT2D eigenvalue weighted by molar-refractivity contribution is -0.141. The second-order valence-corrected chi connectivity index (χ2v) is 6.59. The van der Waals surface area contributed by atoms with Gasteiger partial charge in [0.15, 0.2) is 0 Å². The summed E-state index contributed by atoms with van der Waals surface area (Å²) in [5, 5.41) is 0. The molecule has 3 saturated heterocycles. The maximum Gasteiger partial charge on any atom is 0.228 e. The molecule has 0 aromatic carbocycles. The van der Waals surface area contributed by atoms with Crippen LogP contribution in [0, 0.1) is 5.92 Å². The van der Waals surface area contributed by atoms with Crippen LogP contribution in [0.1, 0.15) is 32.1 Å². The monoisotopic (exact) mass is 302 g/mol. The van der Waals surface area contributed by atoms with Crippen molar-refractivity contribution in [2.24, 2.45) is 5.92 Å². The molecule has 2 bridgehead atoms. The fraction of sp³-hybridized carbons (Fsp3) is 0.647. The predicted octanol–water partition coefficient (Wildman–Crippen LogP) is 2.02. The molecule has 4 rings (SSSR count). The Bertz CT molecular complexity index is 516. The highest BCUT2D eigenvalue weighted by atomic mass is 16.5. The molecule has 1 amide bonds. The summed E-state index contributed by atoms with van der Waals surface area (Å²) in [5.74, 6) is 1.27. The summed E-state index contributed by atoms with van der Waals surface area (Å²) in [6.45, 7) is 1.33. The van der Waals surface area contributed by atoms with Crippen molar-refractivity contribution in [1.82, 2.24) is 9.88 Å². The first-order valence-corrected chi connectivity index (χ1v) is 8.28. The predicted molar refractivity (Wildman–Crippen MR) is 80.5 cm³/mol. The molecule has 3 fully saturated rings. The van der Waals surface area contributed by atoms with Gasteiger partial charge in [-0.15, -0.1) is 0 Å². The Morgan fingerprint density at radius 1 is 1.18 bits per heavy atom. The topological polar surface area (TPSA) is 51.7 Å². The molecule has 22 heavy (non-hydrogen) atoms. The largest absolute Gasteiger partial charge is 0.490 e. The van der Waals surface area contributed by atoms with Crippen molar-refractivity contribution in [3.8, 4) is 5.75 Å². The number of pyridine rings is 1. The minimum absolute atomic E-state index is 0.0840. The molecule has 5 heteroatoms. The van der Waals surface area contributed by atoms with E-state index >= 15 is 0 Å². The first-order chi connectivity index (χ1) is 10.8. The molecule has 1 aromatic heterocycles. The lowest BCUT2D eigenvalue weighted by Crippen LogP contribution is -2.51. The highest BCUT2D eigenvalue weighted by Crippen LogP contribution is 2.38. The van der Waals surface area contributed by atoms with Gasteiger partial charge in [-0.2, -0.15) is 0 Å². The van der Waals surface area contributed by atoms with E-state index in [9.17, 15) is 4.79 Å². The van der Waals surface area contributed by atoms with Crippen molar-refractivity contribution >= 4 is 5.91 Å². The van der Waals surface area contributed by atoms with E-state index in [0.717, 1.165) is 44.5 Å². The summed E-state index contributed by atoms with van der Waals surface area (Å²) >= 11 is 0. The van der Waals surface area contributed by atoms with E-state index in [0.29, 0.717) is 24.6 Å². The minimum atomic E-state index is 0.0840. The molecule has 4 heterocycles. The van der Waals surface area contributed by atoms with E-state index in [-0.39, 0.29) is 12.0 Å². The number of carbonyl (C=O) groups excluding carboxylic acids is 1. The van der Waals surface area contributed by atoms with Gasteiger partial charge in [0, 0.05) is 43.9 Å². The van der Waals surface area contributed by atoms with Crippen LogP contribution in [-0.2, 0) is 9.53 Å². The van der Waals surface area contributed by atoms with E-state index < -0.39 is 0 Å². The van der Waals surface area contributed by atoms with Gasteiger partial charge < -0.3 is 14.4 Å². The van der Waals surface area contributed by atoms with Gasteiger partial charge in [0.25, 0.3) is 0 Å². The van der Waals surface area contributed by atoms with E-state index in [2.05, 4.69) is 9.88 Å². The van der Waals surface area contributed by atoms with Crippen molar-refractivity contribution in [2.45, 2.75) is 50.3 Å². The molecule has 0 spiro atoms. The van der Waals surface area contributed by atoms with Gasteiger partial charge in [-0.1, -0.05) is 0 Å². The molecule has 0 saturated carbocycles. The Morgan fingerprint density at radius 3 is 2.55 bits per heavy atom. The van der Waals surface area contributed by atoms with Gasteiger partial charge in [-0.3, -0.25) is 9.78 Å². The molecule has 5 nitrogen and oxygen atoms in total. The van der Waals surface area contributed by atoms with Crippen LogP contribution in [0.5, 0.6) is 5.75 Å². The molecule has 3 aliphatic heterocycles. The third-order valence-corrected chi connectivity index (χ3v) is 5.18. The average molecular weight is 302 g/mol. The van der Waals surface area contributed by atoms with Crippen molar-refractivity contribution in [3.63, 3.8) is 0 Å². The lowest BCUT2D eigenvalue weighted by atomic mass is 9.96. The molecule has 0 aliphatic carbocycles. The van der Waals surface area contributed by atoms with Gasteiger partial charge in [0.2, 0.25) is 5.91 Å².